The molecule has 0 amide bonds. The van der Waals surface area contributed by atoms with Gasteiger partial charge in [0, 0.05) is 10.5 Å². The van der Waals surface area contributed by atoms with Gasteiger partial charge in [0.1, 0.15) is 0 Å². The fourth-order valence-electron chi connectivity index (χ4n) is 3.38. The molecule has 3 nitrogen and oxygen atoms in total. The van der Waals surface area contributed by atoms with Gasteiger partial charge in [-0.2, -0.15) is 0 Å². The van der Waals surface area contributed by atoms with E-state index in [1.165, 1.54) is 24.8 Å². The molecule has 3 atom stereocenters. The average molecular weight is 342 g/mol. The normalized spacial score (nSPS) is 23.6. The first-order chi connectivity index (χ1) is 9.62. The molecule has 0 heterocycles. The molecule has 0 radical (unpaired) electrons. The maximum atomic E-state index is 5.44. The fraction of sp³-hybridized carbons (Fsp3) is 0.625. The Balaban J connectivity index is 2.38. The number of halogens is 1. The smallest absolute Gasteiger partial charge is 0.161 e. The molecule has 4 heteroatoms. The van der Waals surface area contributed by atoms with Gasteiger partial charge in [-0.15, -0.1) is 0 Å². The Hall–Kier alpha value is -0.740. The molecular formula is C16H24BrNO2. The minimum absolute atomic E-state index is 0.349. The van der Waals surface area contributed by atoms with Crippen molar-refractivity contribution in [2.45, 2.75) is 32.2 Å². The summed E-state index contributed by atoms with van der Waals surface area (Å²) in [5.74, 6) is 2.98. The second-order valence-corrected chi connectivity index (χ2v) is 6.42. The third-order valence-corrected chi connectivity index (χ3v) is 5.19. The van der Waals surface area contributed by atoms with Crippen molar-refractivity contribution in [1.82, 2.24) is 5.32 Å². The molecule has 1 fully saturated rings. The van der Waals surface area contributed by atoms with Crippen LogP contribution in [-0.4, -0.2) is 21.3 Å². The topological polar surface area (TPSA) is 30.5 Å². The molecular weight excluding hydrogens is 318 g/mol. The van der Waals surface area contributed by atoms with Crippen molar-refractivity contribution in [1.29, 1.82) is 0 Å². The summed E-state index contributed by atoms with van der Waals surface area (Å²) < 4.78 is 11.9. The van der Waals surface area contributed by atoms with Gasteiger partial charge in [-0.3, -0.25) is 0 Å². The highest BCUT2D eigenvalue weighted by Gasteiger charge is 2.32. The first-order valence-corrected chi connectivity index (χ1v) is 8.00. The summed E-state index contributed by atoms with van der Waals surface area (Å²) in [6, 6.07) is 4.44. The van der Waals surface area contributed by atoms with Crippen molar-refractivity contribution in [2.75, 3.05) is 21.3 Å². The van der Waals surface area contributed by atoms with Crippen LogP contribution in [0.25, 0.3) is 0 Å². The van der Waals surface area contributed by atoms with Crippen LogP contribution < -0.4 is 14.8 Å². The van der Waals surface area contributed by atoms with E-state index in [4.69, 9.17) is 9.47 Å². The summed E-state index contributed by atoms with van der Waals surface area (Å²) in [5, 5.41) is 3.49. The van der Waals surface area contributed by atoms with E-state index in [2.05, 4.69) is 34.2 Å². The molecule has 1 aliphatic rings. The van der Waals surface area contributed by atoms with E-state index in [1.54, 1.807) is 14.2 Å². The van der Waals surface area contributed by atoms with Crippen LogP contribution in [0.3, 0.4) is 0 Å². The van der Waals surface area contributed by atoms with Crippen LogP contribution in [-0.2, 0) is 0 Å². The summed E-state index contributed by atoms with van der Waals surface area (Å²) in [6.45, 7) is 2.36. The molecule has 0 aromatic heterocycles. The maximum absolute atomic E-state index is 5.44. The summed E-state index contributed by atoms with van der Waals surface area (Å²) in [5.41, 5.74) is 1.25. The Bertz CT molecular complexity index is 464. The molecule has 1 aliphatic carbocycles. The predicted molar refractivity (Wildman–Crippen MR) is 85.6 cm³/mol. The van der Waals surface area contributed by atoms with E-state index in [0.717, 1.165) is 21.9 Å². The summed E-state index contributed by atoms with van der Waals surface area (Å²) in [7, 11) is 5.39. The highest BCUT2D eigenvalue weighted by Crippen LogP contribution is 2.44. The SMILES string of the molecule is CNC(c1cc(OC)c(OC)cc1Br)C1CCCC1C. The number of benzene rings is 1. The quantitative estimate of drug-likeness (QED) is 0.871. The zero-order valence-corrected chi connectivity index (χ0v) is 14.3. The lowest BCUT2D eigenvalue weighted by Crippen LogP contribution is -2.27. The Labute approximate surface area is 130 Å². The summed E-state index contributed by atoms with van der Waals surface area (Å²) in [6.07, 6.45) is 3.94. The number of hydrogen-bond acceptors (Lipinski definition) is 3. The van der Waals surface area contributed by atoms with Crippen molar-refractivity contribution in [2.24, 2.45) is 11.8 Å². The molecule has 0 bridgehead atoms. The molecule has 2 rings (SSSR count). The molecule has 1 aromatic rings. The van der Waals surface area contributed by atoms with Gasteiger partial charge >= 0.3 is 0 Å². The van der Waals surface area contributed by atoms with E-state index in [-0.39, 0.29) is 0 Å². The fourth-order valence-corrected chi connectivity index (χ4v) is 3.95. The number of rotatable bonds is 5. The Morgan fingerprint density at radius 3 is 2.35 bits per heavy atom. The van der Waals surface area contributed by atoms with Gasteiger partial charge in [-0.05, 0) is 43.0 Å². The molecule has 3 unspecified atom stereocenters. The summed E-state index contributed by atoms with van der Waals surface area (Å²) in [4.78, 5) is 0. The van der Waals surface area contributed by atoms with Crippen LogP contribution in [0.4, 0.5) is 0 Å². The van der Waals surface area contributed by atoms with Crippen LogP contribution in [0.1, 0.15) is 37.8 Å². The zero-order valence-electron chi connectivity index (χ0n) is 12.7. The van der Waals surface area contributed by atoms with Crippen molar-refractivity contribution >= 4 is 15.9 Å². The van der Waals surface area contributed by atoms with Crippen LogP contribution in [0, 0.1) is 11.8 Å². The Morgan fingerprint density at radius 1 is 1.20 bits per heavy atom. The molecule has 0 saturated heterocycles. The molecule has 112 valence electrons. The van der Waals surface area contributed by atoms with Crippen LogP contribution in [0.5, 0.6) is 11.5 Å². The molecule has 0 spiro atoms. The first-order valence-electron chi connectivity index (χ1n) is 7.21. The maximum Gasteiger partial charge on any atom is 0.161 e. The molecule has 20 heavy (non-hydrogen) atoms. The van der Waals surface area contributed by atoms with E-state index >= 15 is 0 Å². The highest BCUT2D eigenvalue weighted by molar-refractivity contribution is 9.10. The highest BCUT2D eigenvalue weighted by atomic mass is 79.9. The van der Waals surface area contributed by atoms with Crippen molar-refractivity contribution < 1.29 is 9.47 Å². The number of ether oxygens (including phenoxy) is 2. The third-order valence-electron chi connectivity index (χ3n) is 4.50. The molecule has 1 saturated carbocycles. The van der Waals surface area contributed by atoms with E-state index < -0.39 is 0 Å². The van der Waals surface area contributed by atoms with Crippen molar-refractivity contribution in [3.8, 4) is 11.5 Å². The Morgan fingerprint density at radius 2 is 1.85 bits per heavy atom. The lowest BCUT2D eigenvalue weighted by molar-refractivity contribution is 0.311. The molecule has 0 aliphatic heterocycles. The third kappa shape index (κ3) is 2.96. The predicted octanol–water partition coefficient (Wildman–Crippen LogP) is 4.16. The van der Waals surface area contributed by atoms with Gasteiger partial charge in [0.25, 0.3) is 0 Å². The minimum atomic E-state index is 0.349. The van der Waals surface area contributed by atoms with Crippen molar-refractivity contribution in [3.05, 3.63) is 22.2 Å². The van der Waals surface area contributed by atoms with Gasteiger partial charge < -0.3 is 14.8 Å². The average Bonchev–Trinajstić information content (AvgIpc) is 2.87. The second-order valence-electron chi connectivity index (χ2n) is 5.57. The van der Waals surface area contributed by atoms with E-state index in [9.17, 15) is 0 Å². The van der Waals surface area contributed by atoms with E-state index in [1.807, 2.05) is 13.1 Å². The van der Waals surface area contributed by atoms with Crippen LogP contribution in [0.15, 0.2) is 16.6 Å². The number of hydrogen-bond donors (Lipinski definition) is 1. The standard InChI is InChI=1S/C16H24BrNO2/c1-10-6-5-7-11(10)16(18-2)12-8-14(19-3)15(20-4)9-13(12)17/h8-11,16,18H,5-7H2,1-4H3. The lowest BCUT2D eigenvalue weighted by atomic mass is 9.86. The molecule has 1 N–H and O–H groups in total. The van der Waals surface area contributed by atoms with Gasteiger partial charge in [0.05, 0.1) is 14.2 Å². The number of methoxy groups -OCH3 is 2. The number of nitrogens with one attached hydrogen (secondary N) is 1. The van der Waals surface area contributed by atoms with E-state index in [0.29, 0.717) is 12.0 Å². The second kappa shape index (κ2) is 6.81. The lowest BCUT2D eigenvalue weighted by Gasteiger charge is -2.28. The van der Waals surface area contributed by atoms with Crippen LogP contribution in [0.2, 0.25) is 0 Å². The summed E-state index contributed by atoms with van der Waals surface area (Å²) >= 11 is 3.68. The van der Waals surface area contributed by atoms with Gasteiger partial charge in [0.15, 0.2) is 11.5 Å². The monoisotopic (exact) mass is 341 g/mol. The van der Waals surface area contributed by atoms with Gasteiger partial charge in [-0.1, -0.05) is 35.7 Å². The first kappa shape index (κ1) is 15.6. The van der Waals surface area contributed by atoms with Crippen LogP contribution >= 0.6 is 15.9 Å². The van der Waals surface area contributed by atoms with Gasteiger partial charge in [0.2, 0.25) is 0 Å². The molecule has 1 aromatic carbocycles. The zero-order chi connectivity index (χ0) is 14.7. The Kier molecular flexibility index (Phi) is 5.33. The van der Waals surface area contributed by atoms with Gasteiger partial charge in [-0.25, -0.2) is 0 Å². The van der Waals surface area contributed by atoms with Crippen molar-refractivity contribution in [3.63, 3.8) is 0 Å². The largest absolute Gasteiger partial charge is 0.493 e. The minimum Gasteiger partial charge on any atom is -0.493 e.